The van der Waals surface area contributed by atoms with Crippen LogP contribution in [0.2, 0.25) is 0 Å². The second-order valence-corrected chi connectivity index (χ2v) is 10.9. The Morgan fingerprint density at radius 3 is 2.58 bits per heavy atom. The molecule has 1 fully saturated rings. The van der Waals surface area contributed by atoms with Gasteiger partial charge in [0.25, 0.3) is 0 Å². The number of carbonyl (C=O) groups excluding carboxylic acids is 1. The van der Waals surface area contributed by atoms with Gasteiger partial charge in [0.1, 0.15) is 0 Å². The van der Waals surface area contributed by atoms with E-state index in [4.69, 9.17) is 15.6 Å². The molecular formula is C33H33F2N3O2. The summed E-state index contributed by atoms with van der Waals surface area (Å²) < 4.78 is 34.2. The van der Waals surface area contributed by atoms with Gasteiger partial charge in [0.05, 0.1) is 18.5 Å². The first kappa shape index (κ1) is 27.6. The fourth-order valence-electron chi connectivity index (χ4n) is 6.05. The first-order valence-corrected chi connectivity index (χ1v) is 13.7. The molecule has 0 spiro atoms. The molecule has 2 aliphatic carbocycles. The fourth-order valence-corrected chi connectivity index (χ4v) is 6.05. The van der Waals surface area contributed by atoms with Crippen molar-refractivity contribution < 1.29 is 18.3 Å². The molecular weight excluding hydrogens is 508 g/mol. The number of aliphatic imine (C=N–C) groups is 1. The SMILES string of the molecule is COc1ccc(CC23C=CC=C2C(C(=N)c2ccc(C(=O)CC(=N)C4CCCCC4)c(C)c2)=NC=C3)c(F)c1F. The van der Waals surface area contributed by atoms with E-state index in [1.54, 1.807) is 18.3 Å². The van der Waals surface area contributed by atoms with Crippen LogP contribution >= 0.6 is 0 Å². The van der Waals surface area contributed by atoms with Gasteiger partial charge in [-0.05, 0) is 60.9 Å². The molecule has 2 aromatic rings. The molecule has 5 rings (SSSR count). The molecule has 1 atom stereocenters. The van der Waals surface area contributed by atoms with Crippen molar-refractivity contribution in [1.29, 1.82) is 10.8 Å². The minimum atomic E-state index is -1.02. The highest BCUT2D eigenvalue weighted by Gasteiger charge is 2.39. The van der Waals surface area contributed by atoms with Crippen LogP contribution in [0, 0.1) is 40.7 Å². The van der Waals surface area contributed by atoms with Crippen LogP contribution in [0.3, 0.4) is 0 Å². The monoisotopic (exact) mass is 541 g/mol. The van der Waals surface area contributed by atoms with Crippen molar-refractivity contribution in [3.05, 3.63) is 100 Å². The largest absolute Gasteiger partial charge is 0.494 e. The summed E-state index contributed by atoms with van der Waals surface area (Å²) in [5.74, 6) is -1.99. The quantitative estimate of drug-likeness (QED) is 0.254. The van der Waals surface area contributed by atoms with E-state index in [1.807, 2.05) is 37.3 Å². The number of benzene rings is 2. The molecule has 1 aliphatic heterocycles. The third-order valence-corrected chi connectivity index (χ3v) is 8.32. The molecule has 1 unspecified atom stereocenters. The summed E-state index contributed by atoms with van der Waals surface area (Å²) in [6.07, 6.45) is 14.8. The van der Waals surface area contributed by atoms with Crippen LogP contribution in [0.25, 0.3) is 0 Å². The molecule has 7 heteroatoms. The molecule has 2 N–H and O–H groups in total. The average molecular weight is 542 g/mol. The predicted octanol–water partition coefficient (Wildman–Crippen LogP) is 7.52. The normalized spacial score (nSPS) is 20.1. The van der Waals surface area contributed by atoms with Gasteiger partial charge in [0.15, 0.2) is 17.3 Å². The van der Waals surface area contributed by atoms with Crippen molar-refractivity contribution in [2.24, 2.45) is 16.3 Å². The topological polar surface area (TPSA) is 86.4 Å². The number of nitrogens with zero attached hydrogens (tertiary/aromatic N) is 1. The first-order valence-electron chi connectivity index (χ1n) is 13.7. The van der Waals surface area contributed by atoms with Crippen LogP contribution in [0.4, 0.5) is 8.78 Å². The van der Waals surface area contributed by atoms with Crippen LogP contribution in [-0.2, 0) is 6.42 Å². The zero-order valence-electron chi connectivity index (χ0n) is 22.8. The maximum atomic E-state index is 14.9. The number of ether oxygens (including phenoxy) is 1. The lowest BCUT2D eigenvalue weighted by Gasteiger charge is -2.31. The summed E-state index contributed by atoms with van der Waals surface area (Å²) >= 11 is 0. The van der Waals surface area contributed by atoms with E-state index in [0.29, 0.717) is 22.6 Å². The summed E-state index contributed by atoms with van der Waals surface area (Å²) in [6.45, 7) is 1.85. The Balaban J connectivity index is 1.34. The lowest BCUT2D eigenvalue weighted by atomic mass is 9.73. The number of Topliss-reactive ketones (excluding diaryl/α,β-unsaturated/α-hetero) is 1. The minimum Gasteiger partial charge on any atom is -0.494 e. The van der Waals surface area contributed by atoms with Crippen LogP contribution in [0.1, 0.15) is 65.6 Å². The molecule has 1 saturated carbocycles. The standard InChI is InChI=1S/C33H33F2N3O2/c1-20-17-22(10-12-24(20)27(39)18-26(36)21-7-4-3-5-8-21)31(37)32-25-9-6-14-33(25,15-16-38-32)19-23-11-13-28(40-2)30(35)29(23)34/h6,9-17,21,36-37H,3-5,7-8,18-19H2,1-2H3. The maximum Gasteiger partial charge on any atom is 0.200 e. The Kier molecular flexibility index (Phi) is 7.74. The van der Waals surface area contributed by atoms with E-state index < -0.39 is 17.0 Å². The number of allylic oxidation sites excluding steroid dienone is 5. The van der Waals surface area contributed by atoms with Crippen LogP contribution in [0.15, 0.2) is 71.4 Å². The average Bonchev–Trinajstić information content (AvgIpc) is 3.39. The van der Waals surface area contributed by atoms with Crippen molar-refractivity contribution in [3.63, 3.8) is 0 Å². The number of ketones is 1. The number of methoxy groups -OCH3 is 1. The Hall–Kier alpha value is -4.00. The van der Waals surface area contributed by atoms with Gasteiger partial charge < -0.3 is 10.1 Å². The zero-order valence-corrected chi connectivity index (χ0v) is 22.8. The lowest BCUT2D eigenvalue weighted by Crippen LogP contribution is -2.31. The van der Waals surface area contributed by atoms with E-state index in [1.165, 1.54) is 25.7 Å². The summed E-state index contributed by atoms with van der Waals surface area (Å²) in [7, 11) is 1.29. The minimum absolute atomic E-state index is 0.0698. The maximum absolute atomic E-state index is 14.9. The zero-order chi connectivity index (χ0) is 28.4. The summed E-state index contributed by atoms with van der Waals surface area (Å²) in [5.41, 5.74) is 3.23. The van der Waals surface area contributed by atoms with Crippen LogP contribution in [0.5, 0.6) is 5.75 Å². The fraction of sp³-hybridized carbons (Fsp3) is 0.333. The molecule has 2 aromatic carbocycles. The van der Waals surface area contributed by atoms with Gasteiger partial charge in [-0.15, -0.1) is 0 Å². The van der Waals surface area contributed by atoms with Gasteiger partial charge in [-0.1, -0.05) is 61.8 Å². The highest BCUT2D eigenvalue weighted by Crippen LogP contribution is 2.43. The molecule has 40 heavy (non-hydrogen) atoms. The van der Waals surface area contributed by atoms with Gasteiger partial charge in [-0.25, -0.2) is 4.39 Å². The van der Waals surface area contributed by atoms with Gasteiger partial charge >= 0.3 is 0 Å². The summed E-state index contributed by atoms with van der Waals surface area (Å²) in [5, 5.41) is 17.4. The van der Waals surface area contributed by atoms with Gasteiger partial charge in [0, 0.05) is 34.9 Å². The van der Waals surface area contributed by atoms with Crippen molar-refractivity contribution in [2.45, 2.75) is 51.9 Å². The summed E-state index contributed by atoms with van der Waals surface area (Å²) in [4.78, 5) is 17.5. The molecule has 0 aromatic heterocycles. The Labute approximate surface area is 233 Å². The van der Waals surface area contributed by atoms with Crippen molar-refractivity contribution in [1.82, 2.24) is 0 Å². The Morgan fingerprint density at radius 1 is 1.07 bits per heavy atom. The molecule has 206 valence electrons. The van der Waals surface area contributed by atoms with Crippen LogP contribution in [-0.4, -0.2) is 30.0 Å². The summed E-state index contributed by atoms with van der Waals surface area (Å²) in [6, 6.07) is 8.23. The smallest absolute Gasteiger partial charge is 0.200 e. The van der Waals surface area contributed by atoms with Crippen molar-refractivity contribution in [2.75, 3.05) is 7.11 Å². The van der Waals surface area contributed by atoms with Gasteiger partial charge in [-0.2, -0.15) is 4.39 Å². The van der Waals surface area contributed by atoms with E-state index >= 15 is 0 Å². The third kappa shape index (κ3) is 5.12. The number of nitrogens with one attached hydrogen (secondary N) is 2. The molecule has 0 radical (unpaired) electrons. The highest BCUT2D eigenvalue weighted by molar-refractivity contribution is 6.53. The third-order valence-electron chi connectivity index (χ3n) is 8.32. The molecule has 1 heterocycles. The number of carbonyl (C=O) groups is 1. The second kappa shape index (κ2) is 11.2. The Morgan fingerprint density at radius 2 is 1.85 bits per heavy atom. The first-order chi connectivity index (χ1) is 19.2. The van der Waals surface area contributed by atoms with Crippen molar-refractivity contribution >= 4 is 22.9 Å². The van der Waals surface area contributed by atoms with E-state index in [0.717, 1.165) is 36.8 Å². The van der Waals surface area contributed by atoms with E-state index in [-0.39, 0.29) is 41.6 Å². The van der Waals surface area contributed by atoms with Crippen LogP contribution < -0.4 is 4.74 Å². The van der Waals surface area contributed by atoms with Gasteiger partial charge in [0.2, 0.25) is 5.82 Å². The number of rotatable bonds is 9. The lowest BCUT2D eigenvalue weighted by molar-refractivity contribution is 0.0998. The Bertz CT molecular complexity index is 1510. The second-order valence-electron chi connectivity index (χ2n) is 10.9. The number of aryl methyl sites for hydroxylation is 1. The molecule has 3 aliphatic rings. The molecule has 5 nitrogen and oxygen atoms in total. The number of fused-ring (bicyclic) bond motifs is 1. The molecule has 0 bridgehead atoms. The van der Waals surface area contributed by atoms with Crippen molar-refractivity contribution in [3.8, 4) is 5.75 Å². The van der Waals surface area contributed by atoms with E-state index in [9.17, 15) is 13.6 Å². The number of hydrogen-bond acceptors (Lipinski definition) is 5. The molecule has 0 amide bonds. The number of halogens is 2. The molecule has 0 saturated heterocycles. The van der Waals surface area contributed by atoms with Gasteiger partial charge in [-0.3, -0.25) is 15.2 Å². The highest BCUT2D eigenvalue weighted by atomic mass is 19.2. The van der Waals surface area contributed by atoms with E-state index in [2.05, 4.69) is 4.99 Å². The predicted molar refractivity (Wildman–Crippen MR) is 154 cm³/mol. The number of hydrogen-bond donors (Lipinski definition) is 2.